The maximum absolute atomic E-state index is 12.9. The second-order valence-corrected chi connectivity index (χ2v) is 5.24. The van der Waals surface area contributed by atoms with Crippen molar-refractivity contribution in [3.63, 3.8) is 0 Å². The predicted molar refractivity (Wildman–Crippen MR) is 82.7 cm³/mol. The van der Waals surface area contributed by atoms with E-state index in [1.807, 2.05) is 0 Å². The van der Waals surface area contributed by atoms with Gasteiger partial charge in [-0.15, -0.1) is 0 Å². The van der Waals surface area contributed by atoms with E-state index in [1.165, 1.54) is 38.0 Å². The maximum atomic E-state index is 12.9. The van der Waals surface area contributed by atoms with Crippen molar-refractivity contribution < 1.29 is 18.4 Å². The minimum Gasteiger partial charge on any atom is -0.318 e. The van der Waals surface area contributed by atoms with Gasteiger partial charge in [0.05, 0.1) is 6.21 Å². The number of hydrogen-bond donors (Lipinski definition) is 0. The van der Waals surface area contributed by atoms with Crippen molar-refractivity contribution in [2.24, 2.45) is 5.16 Å². The number of carbonyl (C=O) groups is 1. The lowest BCUT2D eigenvalue weighted by Gasteiger charge is -2.00. The summed E-state index contributed by atoms with van der Waals surface area (Å²) < 4.78 is 25.7. The van der Waals surface area contributed by atoms with E-state index in [9.17, 15) is 13.6 Å². The summed E-state index contributed by atoms with van der Waals surface area (Å²) in [5.74, 6) is -2.29. The molecule has 22 heavy (non-hydrogen) atoms. The first kappa shape index (κ1) is 18.3. The molecule has 0 spiro atoms. The highest BCUT2D eigenvalue weighted by Gasteiger charge is 2.03. The lowest BCUT2D eigenvalue weighted by Crippen LogP contribution is -2.00. The Labute approximate surface area is 130 Å². The minimum atomic E-state index is -0.960. The standard InChI is InChI=1S/C17H23F2NO2/c1-2-3-4-5-6-7-8-9-17(21)22-20-13-14-10-11-15(18)16(19)12-14/h10-13H,2-9H2,1H3. The number of oxime groups is 1. The normalized spacial score (nSPS) is 11.0. The van der Waals surface area contributed by atoms with E-state index in [1.54, 1.807) is 0 Å². The number of rotatable bonds is 10. The SMILES string of the molecule is CCCCCCCCCC(=O)ON=Cc1ccc(F)c(F)c1. The van der Waals surface area contributed by atoms with E-state index >= 15 is 0 Å². The van der Waals surface area contributed by atoms with Gasteiger partial charge in [0.15, 0.2) is 11.6 Å². The van der Waals surface area contributed by atoms with Gasteiger partial charge >= 0.3 is 5.97 Å². The molecule has 0 heterocycles. The number of carbonyl (C=O) groups excluding carboxylic acids is 1. The molecule has 0 unspecified atom stereocenters. The molecule has 0 N–H and O–H groups in total. The number of unbranched alkanes of at least 4 members (excludes halogenated alkanes) is 6. The van der Waals surface area contributed by atoms with Crippen molar-refractivity contribution in [2.75, 3.05) is 0 Å². The zero-order chi connectivity index (χ0) is 16.2. The van der Waals surface area contributed by atoms with Crippen LogP contribution in [0.15, 0.2) is 23.4 Å². The third-order valence-corrected chi connectivity index (χ3v) is 3.28. The fourth-order valence-electron chi connectivity index (χ4n) is 2.01. The Balaban J connectivity index is 2.14. The van der Waals surface area contributed by atoms with Gasteiger partial charge in [-0.2, -0.15) is 0 Å². The summed E-state index contributed by atoms with van der Waals surface area (Å²) in [6.07, 6.45) is 9.37. The van der Waals surface area contributed by atoms with Crippen LogP contribution in [0.25, 0.3) is 0 Å². The molecule has 0 aliphatic rings. The first-order valence-corrected chi connectivity index (χ1v) is 7.81. The third kappa shape index (κ3) is 7.86. The molecule has 3 nitrogen and oxygen atoms in total. The topological polar surface area (TPSA) is 38.7 Å². The summed E-state index contributed by atoms with van der Waals surface area (Å²) in [5.41, 5.74) is 0.336. The molecule has 0 bridgehead atoms. The van der Waals surface area contributed by atoms with Gasteiger partial charge in [-0.25, -0.2) is 13.6 Å². The van der Waals surface area contributed by atoms with Gasteiger partial charge in [0.2, 0.25) is 0 Å². The monoisotopic (exact) mass is 311 g/mol. The van der Waals surface area contributed by atoms with E-state index < -0.39 is 17.6 Å². The molecule has 0 radical (unpaired) electrons. The molecule has 0 fully saturated rings. The van der Waals surface area contributed by atoms with Gasteiger partial charge in [-0.1, -0.05) is 56.7 Å². The molecular formula is C17H23F2NO2. The Morgan fingerprint density at radius 1 is 1.09 bits per heavy atom. The van der Waals surface area contributed by atoms with Crippen LogP contribution < -0.4 is 0 Å². The Morgan fingerprint density at radius 3 is 2.45 bits per heavy atom. The van der Waals surface area contributed by atoms with E-state index in [0.717, 1.165) is 31.4 Å². The van der Waals surface area contributed by atoms with Gasteiger partial charge in [-0.05, 0) is 24.1 Å². The van der Waals surface area contributed by atoms with Crippen LogP contribution in [-0.2, 0) is 9.63 Å². The molecule has 0 aliphatic heterocycles. The van der Waals surface area contributed by atoms with Crippen LogP contribution in [0.1, 0.15) is 63.9 Å². The summed E-state index contributed by atoms with van der Waals surface area (Å²) in [4.78, 5) is 16.1. The van der Waals surface area contributed by atoms with Gasteiger partial charge < -0.3 is 4.84 Å². The molecule has 122 valence electrons. The summed E-state index contributed by atoms with van der Waals surface area (Å²) in [6, 6.07) is 3.34. The zero-order valence-corrected chi connectivity index (χ0v) is 13.0. The summed E-state index contributed by atoms with van der Waals surface area (Å²) in [6.45, 7) is 2.18. The largest absolute Gasteiger partial charge is 0.335 e. The molecule has 0 atom stereocenters. The van der Waals surface area contributed by atoms with Crippen molar-refractivity contribution in [3.8, 4) is 0 Å². The lowest BCUT2D eigenvalue weighted by atomic mass is 10.1. The van der Waals surface area contributed by atoms with Crippen molar-refractivity contribution in [3.05, 3.63) is 35.4 Å². The summed E-state index contributed by atoms with van der Waals surface area (Å²) >= 11 is 0. The zero-order valence-electron chi connectivity index (χ0n) is 13.0. The second-order valence-electron chi connectivity index (χ2n) is 5.24. The van der Waals surface area contributed by atoms with E-state index in [2.05, 4.69) is 16.9 Å². The molecule has 1 rings (SSSR count). The van der Waals surface area contributed by atoms with E-state index in [0.29, 0.717) is 12.0 Å². The molecule has 0 saturated carbocycles. The highest BCUT2D eigenvalue weighted by atomic mass is 19.2. The first-order chi connectivity index (χ1) is 10.6. The smallest absolute Gasteiger partial charge is 0.318 e. The molecule has 0 saturated heterocycles. The maximum Gasteiger partial charge on any atom is 0.335 e. The average Bonchev–Trinajstić information content (AvgIpc) is 2.50. The van der Waals surface area contributed by atoms with Gasteiger partial charge in [0.25, 0.3) is 0 Å². The van der Waals surface area contributed by atoms with E-state index in [-0.39, 0.29) is 0 Å². The number of nitrogens with zero attached hydrogens (tertiary/aromatic N) is 1. The lowest BCUT2D eigenvalue weighted by molar-refractivity contribution is -0.143. The van der Waals surface area contributed by atoms with Crippen LogP contribution in [0, 0.1) is 11.6 Å². The summed E-state index contributed by atoms with van der Waals surface area (Å²) in [7, 11) is 0. The quantitative estimate of drug-likeness (QED) is 0.264. The van der Waals surface area contributed by atoms with Crippen molar-refractivity contribution in [1.82, 2.24) is 0 Å². The van der Waals surface area contributed by atoms with Crippen molar-refractivity contribution in [1.29, 1.82) is 0 Å². The van der Waals surface area contributed by atoms with Gasteiger partial charge in [0.1, 0.15) is 0 Å². The fraction of sp³-hybridized carbons (Fsp3) is 0.529. The van der Waals surface area contributed by atoms with Crippen molar-refractivity contribution >= 4 is 12.2 Å². The Morgan fingerprint density at radius 2 is 1.77 bits per heavy atom. The molecule has 5 heteroatoms. The Kier molecular flexibility index (Phi) is 9.03. The van der Waals surface area contributed by atoms with Crippen LogP contribution in [-0.4, -0.2) is 12.2 Å². The summed E-state index contributed by atoms with van der Waals surface area (Å²) in [5, 5.41) is 3.49. The van der Waals surface area contributed by atoms with Crippen LogP contribution >= 0.6 is 0 Å². The average molecular weight is 311 g/mol. The molecule has 1 aromatic rings. The Bertz CT molecular complexity index is 490. The minimum absolute atomic E-state index is 0.322. The van der Waals surface area contributed by atoms with Crippen molar-refractivity contribution in [2.45, 2.75) is 58.3 Å². The number of hydrogen-bond acceptors (Lipinski definition) is 3. The molecule has 0 aliphatic carbocycles. The molecular weight excluding hydrogens is 288 g/mol. The van der Waals surface area contributed by atoms with Crippen LogP contribution in [0.2, 0.25) is 0 Å². The van der Waals surface area contributed by atoms with Gasteiger partial charge in [0, 0.05) is 6.42 Å². The van der Waals surface area contributed by atoms with Gasteiger partial charge in [-0.3, -0.25) is 0 Å². The third-order valence-electron chi connectivity index (χ3n) is 3.28. The second kappa shape index (κ2) is 10.9. The Hall–Kier alpha value is -1.78. The predicted octanol–water partition coefficient (Wildman–Crippen LogP) is 4.98. The van der Waals surface area contributed by atoms with Crippen LogP contribution in [0.5, 0.6) is 0 Å². The molecule has 0 aromatic heterocycles. The molecule has 0 amide bonds. The van der Waals surface area contributed by atoms with Crippen LogP contribution in [0.3, 0.4) is 0 Å². The van der Waals surface area contributed by atoms with Crippen LogP contribution in [0.4, 0.5) is 8.78 Å². The van der Waals surface area contributed by atoms with E-state index in [4.69, 9.17) is 0 Å². The highest BCUT2D eigenvalue weighted by molar-refractivity contribution is 5.80. The number of benzene rings is 1. The molecule has 1 aromatic carbocycles. The number of halogens is 2. The highest BCUT2D eigenvalue weighted by Crippen LogP contribution is 2.09. The fourth-order valence-corrected chi connectivity index (χ4v) is 2.01. The first-order valence-electron chi connectivity index (χ1n) is 7.81.